The van der Waals surface area contributed by atoms with Crippen molar-refractivity contribution in [1.82, 2.24) is 20.2 Å². The maximum atomic E-state index is 12.0. The van der Waals surface area contributed by atoms with Crippen LogP contribution >= 0.6 is 23.2 Å². The maximum absolute atomic E-state index is 12.0. The summed E-state index contributed by atoms with van der Waals surface area (Å²) in [6.45, 7) is 1.30. The average Bonchev–Trinajstić information content (AvgIpc) is 2.46. The molecule has 6 nitrogen and oxygen atoms in total. The quantitative estimate of drug-likeness (QED) is 0.835. The monoisotopic (exact) mass is 353 g/mol. The molecule has 122 valence electrons. The number of halogens is 2. The Labute approximate surface area is 144 Å². The van der Waals surface area contributed by atoms with Gasteiger partial charge in [-0.1, -0.05) is 23.2 Å². The van der Waals surface area contributed by atoms with E-state index in [-0.39, 0.29) is 11.6 Å². The molecule has 0 bridgehead atoms. The number of benzene rings is 1. The highest BCUT2D eigenvalue weighted by Crippen LogP contribution is 2.24. The van der Waals surface area contributed by atoms with E-state index in [0.29, 0.717) is 28.1 Å². The van der Waals surface area contributed by atoms with Crippen LogP contribution in [0.4, 0.5) is 11.5 Å². The van der Waals surface area contributed by atoms with E-state index < -0.39 is 0 Å². The predicted octanol–water partition coefficient (Wildman–Crippen LogP) is 2.82. The molecule has 0 aliphatic rings. The molecule has 0 atom stereocenters. The van der Waals surface area contributed by atoms with E-state index in [2.05, 4.69) is 20.6 Å². The van der Waals surface area contributed by atoms with Gasteiger partial charge >= 0.3 is 0 Å². The number of aromatic nitrogens is 2. The van der Waals surface area contributed by atoms with Crippen molar-refractivity contribution in [2.45, 2.75) is 0 Å². The summed E-state index contributed by atoms with van der Waals surface area (Å²) in [7, 11) is 3.88. The number of anilines is 2. The lowest BCUT2D eigenvalue weighted by molar-refractivity contribution is 0.0946. The Morgan fingerprint density at radius 2 is 1.83 bits per heavy atom. The van der Waals surface area contributed by atoms with E-state index >= 15 is 0 Å². The lowest BCUT2D eigenvalue weighted by Gasteiger charge is -2.11. The molecule has 0 saturated heterocycles. The van der Waals surface area contributed by atoms with E-state index in [1.165, 1.54) is 6.33 Å². The van der Waals surface area contributed by atoms with Gasteiger partial charge < -0.3 is 15.5 Å². The van der Waals surface area contributed by atoms with Crippen LogP contribution in [0.15, 0.2) is 30.6 Å². The Morgan fingerprint density at radius 3 is 2.48 bits per heavy atom. The third-order valence-electron chi connectivity index (χ3n) is 2.88. The fourth-order valence-electron chi connectivity index (χ4n) is 1.81. The highest BCUT2D eigenvalue weighted by Gasteiger charge is 2.09. The first-order valence-corrected chi connectivity index (χ1v) is 7.68. The van der Waals surface area contributed by atoms with E-state index in [1.807, 2.05) is 19.0 Å². The number of hydrogen-bond donors (Lipinski definition) is 2. The lowest BCUT2D eigenvalue weighted by atomic mass is 10.3. The minimum atomic E-state index is -0.249. The van der Waals surface area contributed by atoms with Gasteiger partial charge in [-0.05, 0) is 32.3 Å². The molecule has 0 aliphatic carbocycles. The molecule has 0 fully saturated rings. The van der Waals surface area contributed by atoms with Crippen molar-refractivity contribution in [1.29, 1.82) is 0 Å². The number of likely N-dealkylation sites (N-methyl/N-ethyl adjacent to an activating group) is 1. The Kier molecular flexibility index (Phi) is 6.15. The zero-order valence-electron chi connectivity index (χ0n) is 12.8. The van der Waals surface area contributed by atoms with Gasteiger partial charge in [-0.15, -0.1) is 0 Å². The number of amides is 1. The molecule has 8 heteroatoms. The van der Waals surface area contributed by atoms with Crippen molar-refractivity contribution in [3.63, 3.8) is 0 Å². The first-order chi connectivity index (χ1) is 10.9. The smallest absolute Gasteiger partial charge is 0.270 e. The van der Waals surface area contributed by atoms with Gasteiger partial charge in [0, 0.05) is 34.9 Å². The molecule has 0 saturated carbocycles. The number of carbonyl (C=O) groups is 1. The van der Waals surface area contributed by atoms with Crippen molar-refractivity contribution in [2.24, 2.45) is 0 Å². The summed E-state index contributed by atoms with van der Waals surface area (Å²) in [5.74, 6) is 0.234. The molecule has 2 rings (SSSR count). The second kappa shape index (κ2) is 8.10. The highest BCUT2D eigenvalue weighted by atomic mass is 35.5. The molecule has 0 spiro atoms. The number of nitrogens with zero attached hydrogens (tertiary/aromatic N) is 3. The van der Waals surface area contributed by atoms with E-state index in [9.17, 15) is 4.79 Å². The highest BCUT2D eigenvalue weighted by molar-refractivity contribution is 6.35. The number of rotatable bonds is 6. The Morgan fingerprint density at radius 1 is 1.13 bits per heavy atom. The van der Waals surface area contributed by atoms with Crippen LogP contribution in [0.1, 0.15) is 10.5 Å². The zero-order chi connectivity index (χ0) is 16.8. The van der Waals surface area contributed by atoms with Gasteiger partial charge in [-0.3, -0.25) is 4.79 Å². The van der Waals surface area contributed by atoms with Crippen molar-refractivity contribution in [3.8, 4) is 0 Å². The first kappa shape index (κ1) is 17.5. The van der Waals surface area contributed by atoms with E-state index in [4.69, 9.17) is 23.2 Å². The van der Waals surface area contributed by atoms with Gasteiger partial charge in [-0.25, -0.2) is 9.97 Å². The zero-order valence-corrected chi connectivity index (χ0v) is 14.3. The van der Waals surface area contributed by atoms with Gasteiger partial charge in [0.15, 0.2) is 0 Å². The van der Waals surface area contributed by atoms with Crippen molar-refractivity contribution >= 4 is 40.6 Å². The van der Waals surface area contributed by atoms with Crippen LogP contribution in [0.25, 0.3) is 0 Å². The van der Waals surface area contributed by atoms with Crippen molar-refractivity contribution in [2.75, 3.05) is 32.5 Å². The number of nitrogens with one attached hydrogen (secondary N) is 2. The maximum Gasteiger partial charge on any atom is 0.270 e. The van der Waals surface area contributed by atoms with Crippen LogP contribution in [-0.4, -0.2) is 48.0 Å². The summed E-state index contributed by atoms with van der Waals surface area (Å²) in [4.78, 5) is 22.1. The Bertz CT molecular complexity index is 673. The summed E-state index contributed by atoms with van der Waals surface area (Å²) in [6, 6.07) is 6.64. The fourth-order valence-corrected chi connectivity index (χ4v) is 2.33. The molecule has 0 unspecified atom stereocenters. The molecule has 2 N–H and O–H groups in total. The molecule has 0 aliphatic heterocycles. The Balaban J connectivity index is 2.05. The van der Waals surface area contributed by atoms with Crippen LogP contribution in [-0.2, 0) is 0 Å². The summed E-state index contributed by atoms with van der Waals surface area (Å²) in [6.07, 6.45) is 1.33. The van der Waals surface area contributed by atoms with Crippen LogP contribution in [0.2, 0.25) is 10.0 Å². The number of hydrogen-bond acceptors (Lipinski definition) is 5. The second-order valence-electron chi connectivity index (χ2n) is 5.13. The third-order valence-corrected chi connectivity index (χ3v) is 3.32. The van der Waals surface area contributed by atoms with Crippen LogP contribution < -0.4 is 10.6 Å². The minimum absolute atomic E-state index is 0.249. The molecular formula is C15H17Cl2N5O. The molecule has 1 amide bonds. The molecule has 1 heterocycles. The Hall–Kier alpha value is -1.89. The molecule has 1 aromatic carbocycles. The van der Waals surface area contributed by atoms with E-state index in [0.717, 1.165) is 6.54 Å². The predicted molar refractivity (Wildman–Crippen MR) is 92.7 cm³/mol. The molecular weight excluding hydrogens is 337 g/mol. The van der Waals surface area contributed by atoms with Gasteiger partial charge in [0.1, 0.15) is 17.8 Å². The van der Waals surface area contributed by atoms with Gasteiger partial charge in [0.05, 0.1) is 0 Å². The van der Waals surface area contributed by atoms with Gasteiger partial charge in [-0.2, -0.15) is 0 Å². The average molecular weight is 354 g/mol. The van der Waals surface area contributed by atoms with Crippen LogP contribution in [0.5, 0.6) is 0 Å². The fraction of sp³-hybridized carbons (Fsp3) is 0.267. The number of carbonyl (C=O) groups excluding carboxylic acids is 1. The summed E-state index contributed by atoms with van der Waals surface area (Å²) in [5.41, 5.74) is 0.967. The normalized spacial score (nSPS) is 10.7. The standard InChI is InChI=1S/C15H17Cl2N5O/c1-22(2)4-3-18-15(23)13-8-14(20-9-19-13)21-12-6-10(16)5-11(17)7-12/h5-9H,3-4H2,1-2H3,(H,18,23)(H,19,20,21). The first-order valence-electron chi connectivity index (χ1n) is 6.92. The van der Waals surface area contributed by atoms with Crippen molar-refractivity contribution < 1.29 is 4.79 Å². The SMILES string of the molecule is CN(C)CCNC(=O)c1cc(Nc2cc(Cl)cc(Cl)c2)ncn1. The molecule has 0 radical (unpaired) electrons. The largest absolute Gasteiger partial charge is 0.349 e. The molecule has 2 aromatic rings. The third kappa shape index (κ3) is 5.67. The molecule has 1 aromatic heterocycles. The lowest BCUT2D eigenvalue weighted by Crippen LogP contribution is -2.31. The van der Waals surface area contributed by atoms with Gasteiger partial charge in [0.2, 0.25) is 0 Å². The van der Waals surface area contributed by atoms with Gasteiger partial charge in [0.25, 0.3) is 5.91 Å². The van der Waals surface area contributed by atoms with E-state index in [1.54, 1.807) is 24.3 Å². The minimum Gasteiger partial charge on any atom is -0.349 e. The summed E-state index contributed by atoms with van der Waals surface area (Å²) in [5, 5.41) is 6.87. The van der Waals surface area contributed by atoms with Crippen molar-refractivity contribution in [3.05, 3.63) is 46.3 Å². The molecule has 23 heavy (non-hydrogen) atoms. The summed E-state index contributed by atoms with van der Waals surface area (Å²) >= 11 is 11.9. The topological polar surface area (TPSA) is 70.2 Å². The van der Waals surface area contributed by atoms with Crippen LogP contribution in [0, 0.1) is 0 Å². The summed E-state index contributed by atoms with van der Waals surface area (Å²) < 4.78 is 0. The second-order valence-corrected chi connectivity index (χ2v) is 6.00. The van der Waals surface area contributed by atoms with Crippen LogP contribution in [0.3, 0.4) is 0 Å².